The van der Waals surface area contributed by atoms with Crippen LogP contribution in [0.15, 0.2) is 54.6 Å². The van der Waals surface area contributed by atoms with Gasteiger partial charge in [-0.15, -0.1) is 0 Å². The summed E-state index contributed by atoms with van der Waals surface area (Å²) in [5.74, 6) is 0.214. The maximum absolute atomic E-state index is 13.9. The highest BCUT2D eigenvalue weighted by atomic mass is 19.1. The Hall–Kier alpha value is -2.40. The van der Waals surface area contributed by atoms with Crippen LogP contribution in [0, 0.1) is 17.7 Å². The number of carbonyl (C=O) groups is 1. The smallest absolute Gasteiger partial charge is 0.410 e. The molecule has 2 aromatic rings. The fraction of sp³-hybridized carbons (Fsp3) is 0.409. The first kappa shape index (κ1) is 18.0. The van der Waals surface area contributed by atoms with Gasteiger partial charge in [0.1, 0.15) is 12.4 Å². The van der Waals surface area contributed by atoms with E-state index in [1.165, 1.54) is 6.07 Å². The van der Waals surface area contributed by atoms with Crippen molar-refractivity contribution in [3.8, 4) is 0 Å². The van der Waals surface area contributed by atoms with Gasteiger partial charge in [-0.1, -0.05) is 48.5 Å². The Bertz CT molecular complexity index is 796. The van der Waals surface area contributed by atoms with E-state index < -0.39 is 5.60 Å². The lowest BCUT2D eigenvalue weighted by atomic mass is 9.91. The van der Waals surface area contributed by atoms with Crippen LogP contribution >= 0.6 is 0 Å². The molecule has 1 aliphatic heterocycles. The molecule has 4 rings (SSSR count). The van der Waals surface area contributed by atoms with Crippen LogP contribution in [-0.2, 0) is 17.8 Å². The lowest BCUT2D eigenvalue weighted by Gasteiger charge is -2.26. The molecule has 27 heavy (non-hydrogen) atoms. The number of nitrogens with zero attached hydrogens (tertiary/aromatic N) is 1. The minimum atomic E-state index is -0.891. The molecule has 1 saturated heterocycles. The van der Waals surface area contributed by atoms with Crippen molar-refractivity contribution in [3.05, 3.63) is 71.5 Å². The van der Waals surface area contributed by atoms with Gasteiger partial charge in [0, 0.05) is 19.5 Å². The number of hydrogen-bond acceptors (Lipinski definition) is 3. The largest absolute Gasteiger partial charge is 0.445 e. The van der Waals surface area contributed by atoms with E-state index in [4.69, 9.17) is 4.74 Å². The third-order valence-corrected chi connectivity index (χ3v) is 5.80. The minimum Gasteiger partial charge on any atom is -0.445 e. The second kappa shape index (κ2) is 7.31. The zero-order chi connectivity index (χ0) is 18.9. The first-order chi connectivity index (χ1) is 13.0. The van der Waals surface area contributed by atoms with Crippen molar-refractivity contribution in [1.29, 1.82) is 0 Å². The van der Waals surface area contributed by atoms with Crippen LogP contribution < -0.4 is 0 Å². The van der Waals surface area contributed by atoms with E-state index in [0.29, 0.717) is 37.9 Å². The summed E-state index contributed by atoms with van der Waals surface area (Å²) in [5, 5.41) is 11.0. The predicted molar refractivity (Wildman–Crippen MR) is 99.5 cm³/mol. The van der Waals surface area contributed by atoms with Crippen LogP contribution in [0.1, 0.15) is 24.0 Å². The molecule has 0 aromatic heterocycles. The standard InChI is InChI=1S/C22H24FNO3/c23-20-9-5-4-8-17(20)10-22(26)11-18-13-24(14-19(18)12-22)21(25)27-15-16-6-2-1-3-7-16/h1-9,18-19,26H,10-15H2/t18-,19+,22-. The third kappa shape index (κ3) is 3.98. The van der Waals surface area contributed by atoms with Crippen LogP contribution in [0.3, 0.4) is 0 Å². The van der Waals surface area contributed by atoms with Gasteiger partial charge in [-0.25, -0.2) is 9.18 Å². The fourth-order valence-corrected chi connectivity index (χ4v) is 4.56. The Balaban J connectivity index is 1.31. The van der Waals surface area contributed by atoms with Crippen LogP contribution in [-0.4, -0.2) is 34.8 Å². The van der Waals surface area contributed by atoms with E-state index in [-0.39, 0.29) is 30.4 Å². The minimum absolute atomic E-state index is 0.242. The molecule has 0 bridgehead atoms. The third-order valence-electron chi connectivity index (χ3n) is 5.80. The summed E-state index contributed by atoms with van der Waals surface area (Å²) >= 11 is 0. The molecule has 142 valence electrons. The quantitative estimate of drug-likeness (QED) is 0.892. The molecular formula is C22H24FNO3. The molecule has 3 atom stereocenters. The summed E-state index contributed by atoms with van der Waals surface area (Å²) in [5.41, 5.74) is 0.626. The average molecular weight is 369 g/mol. The number of halogens is 1. The fourth-order valence-electron chi connectivity index (χ4n) is 4.56. The zero-order valence-corrected chi connectivity index (χ0v) is 15.2. The van der Waals surface area contributed by atoms with Gasteiger partial charge >= 0.3 is 6.09 Å². The molecule has 1 amide bonds. The van der Waals surface area contributed by atoms with Gasteiger partial charge in [-0.05, 0) is 41.9 Å². The Kier molecular flexibility index (Phi) is 4.87. The Morgan fingerprint density at radius 3 is 2.37 bits per heavy atom. The van der Waals surface area contributed by atoms with Gasteiger partial charge in [-0.2, -0.15) is 0 Å². The second-order valence-electron chi connectivity index (χ2n) is 7.87. The van der Waals surface area contributed by atoms with Crippen molar-refractivity contribution in [2.45, 2.75) is 31.5 Å². The summed E-state index contributed by atoms with van der Waals surface area (Å²) in [7, 11) is 0. The Morgan fingerprint density at radius 2 is 1.70 bits per heavy atom. The van der Waals surface area contributed by atoms with Crippen LogP contribution in [0.2, 0.25) is 0 Å². The molecule has 4 nitrogen and oxygen atoms in total. The van der Waals surface area contributed by atoms with Crippen molar-refractivity contribution < 1.29 is 19.0 Å². The number of benzene rings is 2. The summed E-state index contributed by atoms with van der Waals surface area (Å²) in [6.07, 6.45) is 1.21. The first-order valence-corrected chi connectivity index (χ1v) is 9.44. The highest BCUT2D eigenvalue weighted by Crippen LogP contribution is 2.45. The lowest BCUT2D eigenvalue weighted by Crippen LogP contribution is -2.35. The first-order valence-electron chi connectivity index (χ1n) is 9.44. The molecule has 1 N–H and O–H groups in total. The maximum Gasteiger partial charge on any atom is 0.410 e. The summed E-state index contributed by atoms with van der Waals surface area (Å²) < 4.78 is 19.3. The lowest BCUT2D eigenvalue weighted by molar-refractivity contribution is 0.0329. The van der Waals surface area contributed by atoms with Gasteiger partial charge in [0.25, 0.3) is 0 Å². The summed E-state index contributed by atoms with van der Waals surface area (Å²) in [4.78, 5) is 14.1. The van der Waals surface area contributed by atoms with Crippen molar-refractivity contribution in [3.63, 3.8) is 0 Å². The molecule has 2 aromatic carbocycles. The van der Waals surface area contributed by atoms with Gasteiger partial charge in [0.15, 0.2) is 0 Å². The average Bonchev–Trinajstić information content (AvgIpc) is 3.17. The van der Waals surface area contributed by atoms with E-state index >= 15 is 0 Å². The van der Waals surface area contributed by atoms with E-state index in [2.05, 4.69) is 0 Å². The number of fused-ring (bicyclic) bond motifs is 1. The number of hydrogen-bond donors (Lipinski definition) is 1. The monoisotopic (exact) mass is 369 g/mol. The molecule has 0 radical (unpaired) electrons. The highest BCUT2D eigenvalue weighted by molar-refractivity contribution is 5.68. The number of carbonyl (C=O) groups excluding carboxylic acids is 1. The normalized spacial score (nSPS) is 26.8. The van der Waals surface area contributed by atoms with Crippen molar-refractivity contribution in [2.24, 2.45) is 11.8 Å². The van der Waals surface area contributed by atoms with Crippen molar-refractivity contribution in [2.75, 3.05) is 13.1 Å². The topological polar surface area (TPSA) is 49.8 Å². The summed E-state index contributed by atoms with van der Waals surface area (Å²) in [6.45, 7) is 1.46. The van der Waals surface area contributed by atoms with Crippen molar-refractivity contribution >= 4 is 6.09 Å². The molecule has 2 aliphatic rings. The molecule has 1 saturated carbocycles. The molecule has 2 fully saturated rings. The van der Waals surface area contributed by atoms with Gasteiger partial charge in [0.05, 0.1) is 5.60 Å². The molecule has 1 heterocycles. The van der Waals surface area contributed by atoms with Crippen molar-refractivity contribution in [1.82, 2.24) is 4.90 Å². The van der Waals surface area contributed by atoms with Gasteiger partial charge in [-0.3, -0.25) is 0 Å². The molecular weight excluding hydrogens is 345 g/mol. The Labute approximate surface area is 158 Å². The van der Waals surface area contributed by atoms with Gasteiger partial charge in [0.2, 0.25) is 0 Å². The highest BCUT2D eigenvalue weighted by Gasteiger charge is 2.49. The maximum atomic E-state index is 13.9. The Morgan fingerprint density at radius 1 is 1.07 bits per heavy atom. The predicted octanol–water partition coefficient (Wildman–Crippen LogP) is 3.78. The zero-order valence-electron chi connectivity index (χ0n) is 15.2. The number of amides is 1. The molecule has 0 spiro atoms. The second-order valence-corrected chi connectivity index (χ2v) is 7.87. The van der Waals surface area contributed by atoms with E-state index in [1.54, 1.807) is 23.1 Å². The number of ether oxygens (including phenoxy) is 1. The molecule has 0 unspecified atom stereocenters. The number of aliphatic hydroxyl groups is 1. The summed E-state index contributed by atoms with van der Waals surface area (Å²) in [6, 6.07) is 16.2. The van der Waals surface area contributed by atoms with Gasteiger partial charge < -0.3 is 14.7 Å². The number of rotatable bonds is 4. The van der Waals surface area contributed by atoms with E-state index in [9.17, 15) is 14.3 Å². The van der Waals surface area contributed by atoms with E-state index in [1.807, 2.05) is 30.3 Å². The molecule has 5 heteroatoms. The van der Waals surface area contributed by atoms with Crippen LogP contribution in [0.4, 0.5) is 9.18 Å². The van der Waals surface area contributed by atoms with E-state index in [0.717, 1.165) is 5.56 Å². The number of likely N-dealkylation sites (tertiary alicyclic amines) is 1. The van der Waals surface area contributed by atoms with Crippen LogP contribution in [0.25, 0.3) is 0 Å². The van der Waals surface area contributed by atoms with Crippen LogP contribution in [0.5, 0.6) is 0 Å². The molecule has 1 aliphatic carbocycles. The SMILES string of the molecule is O=C(OCc1ccccc1)N1C[C@@H]2C[C@@](O)(Cc3ccccc3F)C[C@@H]2C1.